The summed E-state index contributed by atoms with van der Waals surface area (Å²) in [4.78, 5) is 4.47. The van der Waals surface area contributed by atoms with Gasteiger partial charge < -0.3 is 10.5 Å². The number of pyridine rings is 1. The summed E-state index contributed by atoms with van der Waals surface area (Å²) in [6, 6.07) is 9.72. The molecular formula is C14H12FN3O. The van der Waals surface area contributed by atoms with Gasteiger partial charge in [0.1, 0.15) is 17.3 Å². The Bertz CT molecular complexity index is 734. The van der Waals surface area contributed by atoms with E-state index in [1.165, 1.54) is 12.1 Å². The molecule has 0 radical (unpaired) electrons. The van der Waals surface area contributed by atoms with Crippen molar-refractivity contribution >= 4 is 11.5 Å². The summed E-state index contributed by atoms with van der Waals surface area (Å²) in [6.45, 7) is 0. The number of benzene rings is 1. The van der Waals surface area contributed by atoms with E-state index in [1.54, 1.807) is 23.6 Å². The van der Waals surface area contributed by atoms with Crippen LogP contribution in [0, 0.1) is 5.82 Å². The van der Waals surface area contributed by atoms with E-state index >= 15 is 0 Å². The Morgan fingerprint density at radius 3 is 2.63 bits per heavy atom. The number of imidazole rings is 1. The molecule has 0 bridgehead atoms. The van der Waals surface area contributed by atoms with E-state index in [2.05, 4.69) is 4.98 Å². The SMILES string of the molecule is COc1cccn2c(N)c(-c3ccc(F)cc3)nc12. The van der Waals surface area contributed by atoms with Crippen molar-refractivity contribution in [2.45, 2.75) is 0 Å². The lowest BCUT2D eigenvalue weighted by Crippen LogP contribution is -1.95. The highest BCUT2D eigenvalue weighted by Crippen LogP contribution is 2.30. The van der Waals surface area contributed by atoms with Gasteiger partial charge in [0, 0.05) is 11.8 Å². The second-order valence-electron chi connectivity index (χ2n) is 4.12. The summed E-state index contributed by atoms with van der Waals surface area (Å²) in [5.41, 5.74) is 8.11. The highest BCUT2D eigenvalue weighted by Gasteiger charge is 2.13. The number of aromatic nitrogens is 2. The van der Waals surface area contributed by atoms with Gasteiger partial charge in [-0.15, -0.1) is 0 Å². The first-order chi connectivity index (χ1) is 9.20. The molecule has 3 rings (SSSR count). The van der Waals surface area contributed by atoms with Crippen molar-refractivity contribution in [1.82, 2.24) is 9.38 Å². The van der Waals surface area contributed by atoms with Gasteiger partial charge in [0.2, 0.25) is 0 Å². The fourth-order valence-electron chi connectivity index (χ4n) is 2.04. The summed E-state index contributed by atoms with van der Waals surface area (Å²) >= 11 is 0. The molecule has 2 aromatic heterocycles. The lowest BCUT2D eigenvalue weighted by Gasteiger charge is -2.01. The zero-order chi connectivity index (χ0) is 13.4. The zero-order valence-electron chi connectivity index (χ0n) is 10.3. The van der Waals surface area contributed by atoms with E-state index in [0.717, 1.165) is 5.56 Å². The van der Waals surface area contributed by atoms with E-state index in [4.69, 9.17) is 10.5 Å². The lowest BCUT2D eigenvalue weighted by molar-refractivity contribution is 0.417. The first kappa shape index (κ1) is 11.5. The highest BCUT2D eigenvalue weighted by atomic mass is 19.1. The number of nitrogens with two attached hydrogens (primary N) is 1. The average molecular weight is 257 g/mol. The number of rotatable bonds is 2. The standard InChI is InChI=1S/C14H12FN3O/c1-19-11-3-2-8-18-13(16)12(17-14(11)18)9-4-6-10(15)7-5-9/h2-8H,16H2,1H3. The van der Waals surface area contributed by atoms with E-state index in [-0.39, 0.29) is 5.82 Å². The van der Waals surface area contributed by atoms with Gasteiger partial charge in [0.15, 0.2) is 11.4 Å². The average Bonchev–Trinajstić information content (AvgIpc) is 2.77. The maximum absolute atomic E-state index is 12.9. The third-order valence-electron chi connectivity index (χ3n) is 2.99. The molecular weight excluding hydrogens is 245 g/mol. The summed E-state index contributed by atoms with van der Waals surface area (Å²) < 4.78 is 19.9. The highest BCUT2D eigenvalue weighted by molar-refractivity contribution is 5.76. The Kier molecular flexibility index (Phi) is 2.59. The first-order valence-corrected chi connectivity index (χ1v) is 5.77. The van der Waals surface area contributed by atoms with Crippen molar-refractivity contribution in [2.75, 3.05) is 12.8 Å². The molecule has 19 heavy (non-hydrogen) atoms. The van der Waals surface area contributed by atoms with Crippen LogP contribution in [0.5, 0.6) is 5.75 Å². The number of hydrogen-bond donors (Lipinski definition) is 1. The van der Waals surface area contributed by atoms with Gasteiger partial charge in [0.05, 0.1) is 7.11 Å². The van der Waals surface area contributed by atoms with Crippen LogP contribution < -0.4 is 10.5 Å². The molecule has 0 aliphatic heterocycles. The van der Waals surface area contributed by atoms with Gasteiger partial charge >= 0.3 is 0 Å². The van der Waals surface area contributed by atoms with Crippen molar-refractivity contribution in [1.29, 1.82) is 0 Å². The fraction of sp³-hybridized carbons (Fsp3) is 0.0714. The van der Waals surface area contributed by atoms with E-state index in [1.807, 2.05) is 18.3 Å². The molecule has 0 spiro atoms. The number of anilines is 1. The molecule has 0 saturated carbocycles. The molecule has 0 unspecified atom stereocenters. The van der Waals surface area contributed by atoms with Gasteiger partial charge in [-0.1, -0.05) is 0 Å². The van der Waals surface area contributed by atoms with Crippen LogP contribution in [-0.2, 0) is 0 Å². The van der Waals surface area contributed by atoms with Crippen LogP contribution in [0.2, 0.25) is 0 Å². The van der Waals surface area contributed by atoms with Gasteiger partial charge in [-0.3, -0.25) is 4.40 Å². The zero-order valence-corrected chi connectivity index (χ0v) is 10.3. The molecule has 2 heterocycles. The number of ether oxygens (including phenoxy) is 1. The van der Waals surface area contributed by atoms with Crippen LogP contribution in [0.3, 0.4) is 0 Å². The lowest BCUT2D eigenvalue weighted by atomic mass is 10.1. The van der Waals surface area contributed by atoms with Crippen LogP contribution in [0.4, 0.5) is 10.2 Å². The van der Waals surface area contributed by atoms with Crippen molar-refractivity contribution < 1.29 is 9.13 Å². The Balaban J connectivity index is 2.25. The number of hydrogen-bond acceptors (Lipinski definition) is 3. The normalized spacial score (nSPS) is 10.8. The van der Waals surface area contributed by atoms with Crippen molar-refractivity contribution in [2.24, 2.45) is 0 Å². The molecule has 0 amide bonds. The molecule has 0 fully saturated rings. The summed E-state index contributed by atoms with van der Waals surface area (Å²) in [5, 5.41) is 0. The number of fused-ring (bicyclic) bond motifs is 1. The molecule has 0 atom stereocenters. The van der Waals surface area contributed by atoms with Gasteiger partial charge in [-0.2, -0.15) is 0 Å². The first-order valence-electron chi connectivity index (χ1n) is 5.77. The fourth-order valence-corrected chi connectivity index (χ4v) is 2.04. The number of nitrogen functional groups attached to an aromatic ring is 1. The number of nitrogens with zero attached hydrogens (tertiary/aromatic N) is 2. The van der Waals surface area contributed by atoms with Crippen LogP contribution >= 0.6 is 0 Å². The molecule has 3 aromatic rings. The Hall–Kier alpha value is -2.56. The largest absolute Gasteiger partial charge is 0.493 e. The number of halogens is 1. The maximum Gasteiger partial charge on any atom is 0.181 e. The summed E-state index contributed by atoms with van der Waals surface area (Å²) in [6.07, 6.45) is 1.81. The van der Waals surface area contributed by atoms with Gasteiger partial charge in [0.25, 0.3) is 0 Å². The molecule has 96 valence electrons. The molecule has 5 heteroatoms. The topological polar surface area (TPSA) is 52.5 Å². The monoisotopic (exact) mass is 257 g/mol. The van der Waals surface area contributed by atoms with Gasteiger partial charge in [-0.25, -0.2) is 9.37 Å². The molecule has 0 saturated heterocycles. The van der Waals surface area contributed by atoms with Crippen LogP contribution in [0.15, 0.2) is 42.6 Å². The van der Waals surface area contributed by atoms with Crippen LogP contribution in [0.1, 0.15) is 0 Å². The number of methoxy groups -OCH3 is 1. The third-order valence-corrected chi connectivity index (χ3v) is 2.99. The smallest absolute Gasteiger partial charge is 0.181 e. The molecule has 0 aliphatic carbocycles. The predicted octanol–water partition coefficient (Wildman–Crippen LogP) is 2.73. The van der Waals surface area contributed by atoms with Crippen LogP contribution in [-0.4, -0.2) is 16.5 Å². The minimum Gasteiger partial charge on any atom is -0.493 e. The third kappa shape index (κ3) is 1.79. The van der Waals surface area contributed by atoms with Crippen molar-refractivity contribution in [3.63, 3.8) is 0 Å². The van der Waals surface area contributed by atoms with Crippen LogP contribution in [0.25, 0.3) is 16.9 Å². The van der Waals surface area contributed by atoms with E-state index in [0.29, 0.717) is 22.9 Å². The van der Waals surface area contributed by atoms with Crippen molar-refractivity contribution in [3.05, 3.63) is 48.4 Å². The summed E-state index contributed by atoms with van der Waals surface area (Å²) in [7, 11) is 1.58. The summed E-state index contributed by atoms with van der Waals surface area (Å²) in [5.74, 6) is 0.853. The minimum absolute atomic E-state index is 0.288. The maximum atomic E-state index is 12.9. The Morgan fingerprint density at radius 1 is 1.21 bits per heavy atom. The Labute approximate surface area is 109 Å². The second kappa shape index (κ2) is 4.28. The van der Waals surface area contributed by atoms with E-state index < -0.39 is 0 Å². The molecule has 1 aromatic carbocycles. The molecule has 0 aliphatic rings. The molecule has 4 nitrogen and oxygen atoms in total. The quantitative estimate of drug-likeness (QED) is 0.768. The minimum atomic E-state index is -0.288. The van der Waals surface area contributed by atoms with Crippen molar-refractivity contribution in [3.8, 4) is 17.0 Å². The Morgan fingerprint density at radius 2 is 1.95 bits per heavy atom. The van der Waals surface area contributed by atoms with Gasteiger partial charge in [-0.05, 0) is 36.4 Å². The second-order valence-corrected chi connectivity index (χ2v) is 4.12. The van der Waals surface area contributed by atoms with E-state index in [9.17, 15) is 4.39 Å². The molecule has 2 N–H and O–H groups in total. The predicted molar refractivity (Wildman–Crippen MR) is 71.6 cm³/mol.